The highest BCUT2D eigenvalue weighted by molar-refractivity contribution is 6.30. The van der Waals surface area contributed by atoms with Crippen LogP contribution in [0.4, 0.5) is 0 Å². The van der Waals surface area contributed by atoms with Gasteiger partial charge in [0, 0.05) is 74.2 Å². The Morgan fingerprint density at radius 2 is 1.51 bits per heavy atom. The second-order valence-corrected chi connectivity index (χ2v) is 13.1. The average Bonchev–Trinajstić information content (AvgIpc) is 3.37. The lowest BCUT2D eigenvalue weighted by atomic mass is 10.0. The van der Waals surface area contributed by atoms with Gasteiger partial charge in [0.15, 0.2) is 0 Å². The van der Waals surface area contributed by atoms with Crippen molar-refractivity contribution in [3.63, 3.8) is 0 Å². The number of rotatable bonds is 12. The van der Waals surface area contributed by atoms with Gasteiger partial charge in [0.2, 0.25) is 11.8 Å². The second-order valence-electron chi connectivity index (χ2n) is 12.2. The molecular weight excluding hydrogens is 605 g/mol. The van der Waals surface area contributed by atoms with Crippen molar-refractivity contribution in [2.75, 3.05) is 52.9 Å². The van der Waals surface area contributed by atoms with E-state index in [4.69, 9.17) is 23.2 Å². The zero-order valence-electron chi connectivity index (χ0n) is 26.6. The molecule has 1 fully saturated rings. The third kappa shape index (κ3) is 8.46. The Balaban J connectivity index is 1.28. The fourth-order valence-corrected chi connectivity index (χ4v) is 6.94. The number of piperazine rings is 1. The van der Waals surface area contributed by atoms with Crippen molar-refractivity contribution in [1.82, 2.24) is 24.9 Å². The smallest absolute Gasteiger partial charge is 0.245 e. The van der Waals surface area contributed by atoms with Crippen LogP contribution >= 0.6 is 23.2 Å². The molecule has 240 valence electrons. The van der Waals surface area contributed by atoms with E-state index in [0.717, 1.165) is 49.9 Å². The van der Waals surface area contributed by atoms with Gasteiger partial charge in [-0.3, -0.25) is 19.4 Å². The minimum atomic E-state index is -0.657. The molecule has 3 aromatic carbocycles. The van der Waals surface area contributed by atoms with Crippen LogP contribution in [0.3, 0.4) is 0 Å². The summed E-state index contributed by atoms with van der Waals surface area (Å²) in [6.07, 6.45) is 0.716. The van der Waals surface area contributed by atoms with E-state index in [2.05, 4.69) is 58.1 Å². The molecule has 0 saturated carbocycles. The second kappa shape index (κ2) is 15.6. The molecule has 9 heteroatoms. The lowest BCUT2D eigenvalue weighted by Gasteiger charge is -2.42. The summed E-state index contributed by atoms with van der Waals surface area (Å²) in [6.45, 7) is 10.8. The molecular formula is C36H45Cl2N5O2. The largest absolute Gasteiger partial charge is 0.344 e. The van der Waals surface area contributed by atoms with Crippen molar-refractivity contribution in [1.29, 1.82) is 0 Å². The molecule has 0 aliphatic carbocycles. The summed E-state index contributed by atoms with van der Waals surface area (Å²) < 4.78 is 0. The molecule has 2 aliphatic heterocycles. The van der Waals surface area contributed by atoms with E-state index in [1.165, 1.54) is 16.7 Å². The summed E-state index contributed by atoms with van der Waals surface area (Å²) in [5, 5.41) is 4.51. The average molecular weight is 651 g/mol. The van der Waals surface area contributed by atoms with E-state index in [1.54, 1.807) is 0 Å². The van der Waals surface area contributed by atoms with Gasteiger partial charge >= 0.3 is 0 Å². The minimum Gasteiger partial charge on any atom is -0.344 e. The quantitative estimate of drug-likeness (QED) is 0.268. The monoisotopic (exact) mass is 649 g/mol. The molecule has 3 atom stereocenters. The first-order valence-corrected chi connectivity index (χ1v) is 16.8. The normalized spacial score (nSPS) is 18.5. The number of hydrogen-bond donors (Lipinski definition) is 1. The molecule has 0 radical (unpaired) electrons. The number of benzene rings is 3. The summed E-state index contributed by atoms with van der Waals surface area (Å²) in [4.78, 5) is 36.7. The summed E-state index contributed by atoms with van der Waals surface area (Å²) in [7, 11) is 2.05. The predicted octanol–water partition coefficient (Wildman–Crippen LogP) is 5.82. The molecule has 5 rings (SSSR count). The van der Waals surface area contributed by atoms with Gasteiger partial charge in [0.05, 0.1) is 0 Å². The van der Waals surface area contributed by atoms with Crippen LogP contribution in [0.5, 0.6) is 0 Å². The van der Waals surface area contributed by atoms with Gasteiger partial charge in [-0.1, -0.05) is 85.6 Å². The van der Waals surface area contributed by atoms with Gasteiger partial charge in [0.25, 0.3) is 0 Å². The first-order chi connectivity index (χ1) is 21.7. The molecule has 0 aromatic heterocycles. The Hall–Kier alpha value is -2.94. The highest BCUT2D eigenvalue weighted by Crippen LogP contribution is 2.34. The molecule has 0 spiro atoms. The molecule has 45 heavy (non-hydrogen) atoms. The van der Waals surface area contributed by atoms with Crippen LogP contribution in [0.25, 0.3) is 0 Å². The van der Waals surface area contributed by atoms with E-state index in [0.29, 0.717) is 31.0 Å². The summed E-state index contributed by atoms with van der Waals surface area (Å²) in [6, 6.07) is 23.5. The van der Waals surface area contributed by atoms with Crippen molar-refractivity contribution < 1.29 is 9.59 Å². The van der Waals surface area contributed by atoms with E-state index < -0.39 is 6.04 Å². The Bertz CT molecular complexity index is 1420. The fraction of sp³-hybridized carbons (Fsp3) is 0.444. The fourth-order valence-electron chi connectivity index (χ4n) is 6.69. The van der Waals surface area contributed by atoms with Gasteiger partial charge in [-0.05, 0) is 66.7 Å². The van der Waals surface area contributed by atoms with Crippen molar-refractivity contribution in [2.24, 2.45) is 0 Å². The van der Waals surface area contributed by atoms with Gasteiger partial charge in [-0.25, -0.2) is 0 Å². The Labute approximate surface area is 278 Å². The highest BCUT2D eigenvalue weighted by atomic mass is 35.5. The first-order valence-electron chi connectivity index (χ1n) is 16.1. The van der Waals surface area contributed by atoms with Crippen LogP contribution in [-0.2, 0) is 22.6 Å². The maximum Gasteiger partial charge on any atom is 0.245 e. The van der Waals surface area contributed by atoms with Crippen molar-refractivity contribution >= 4 is 35.0 Å². The predicted molar refractivity (Wildman–Crippen MR) is 182 cm³/mol. The number of hydrogen-bond acceptors (Lipinski definition) is 5. The van der Waals surface area contributed by atoms with Crippen LogP contribution in [0.1, 0.15) is 54.6 Å². The number of carbonyl (C=O) groups excluding carboxylic acids is 2. The third-order valence-corrected chi connectivity index (χ3v) is 9.88. The van der Waals surface area contributed by atoms with E-state index in [1.807, 2.05) is 60.5 Å². The number of likely N-dealkylation sites (N-methyl/N-ethyl adjacent to an activating group) is 1. The van der Waals surface area contributed by atoms with Crippen molar-refractivity contribution in [3.8, 4) is 0 Å². The molecule has 1 N–H and O–H groups in total. The zero-order valence-corrected chi connectivity index (χ0v) is 28.1. The Kier molecular flexibility index (Phi) is 11.6. The van der Waals surface area contributed by atoms with Gasteiger partial charge in [0.1, 0.15) is 6.04 Å². The summed E-state index contributed by atoms with van der Waals surface area (Å²) in [5.41, 5.74) is 4.63. The summed E-state index contributed by atoms with van der Waals surface area (Å²) in [5.74, 6) is -0.151. The topological polar surface area (TPSA) is 59.1 Å². The number of nitrogens with zero attached hydrogens (tertiary/aromatic N) is 4. The highest BCUT2D eigenvalue weighted by Gasteiger charge is 2.34. The molecule has 7 nitrogen and oxygen atoms in total. The van der Waals surface area contributed by atoms with Crippen molar-refractivity contribution in [2.45, 2.75) is 51.4 Å². The standard InChI is InChI=1S/C36H45Cl2N5O2/c1-4-41(5-2)25-34(27-12-16-30(38)17-13-27)42-18-20-43(21-19-42)36(45)32(22-26-10-14-29(37)15-11-26)39-35(44)23-33-31-9-7-6-8-28(31)24-40(33)3/h6-17,32-34H,4-5,18-25H2,1-3H3,(H,39,44)/t32-,33?,34?/m1/s1. The molecule has 0 bridgehead atoms. The SMILES string of the molecule is CCN(CC)CC(c1ccc(Cl)cc1)N1CCN(C(=O)[C@@H](Cc2ccc(Cl)cc2)NC(=O)CC2c3ccccc3CN2C)CC1. The van der Waals surface area contributed by atoms with Crippen LogP contribution in [0, 0.1) is 0 Å². The maximum absolute atomic E-state index is 14.1. The van der Waals surface area contributed by atoms with Gasteiger partial charge < -0.3 is 15.1 Å². The lowest BCUT2D eigenvalue weighted by molar-refractivity contribution is -0.138. The number of nitrogens with one attached hydrogen (secondary N) is 1. The molecule has 1 saturated heterocycles. The van der Waals surface area contributed by atoms with E-state index in [-0.39, 0.29) is 23.9 Å². The van der Waals surface area contributed by atoms with Gasteiger partial charge in [-0.15, -0.1) is 0 Å². The first kappa shape index (κ1) is 33.4. The molecule has 2 unspecified atom stereocenters. The van der Waals surface area contributed by atoms with Gasteiger partial charge in [-0.2, -0.15) is 0 Å². The van der Waals surface area contributed by atoms with Crippen LogP contribution in [0.15, 0.2) is 72.8 Å². The summed E-state index contributed by atoms with van der Waals surface area (Å²) >= 11 is 12.4. The zero-order chi connectivity index (χ0) is 31.9. The number of fused-ring (bicyclic) bond motifs is 1. The van der Waals surface area contributed by atoms with E-state index >= 15 is 0 Å². The Morgan fingerprint density at radius 3 is 2.16 bits per heavy atom. The number of amides is 2. The Morgan fingerprint density at radius 1 is 0.889 bits per heavy atom. The lowest BCUT2D eigenvalue weighted by Crippen LogP contribution is -2.56. The van der Waals surface area contributed by atoms with Crippen LogP contribution in [-0.4, -0.2) is 90.3 Å². The number of halogens is 2. The number of carbonyl (C=O) groups is 2. The van der Waals surface area contributed by atoms with Crippen LogP contribution < -0.4 is 5.32 Å². The van der Waals surface area contributed by atoms with Crippen LogP contribution in [0.2, 0.25) is 10.0 Å². The third-order valence-electron chi connectivity index (χ3n) is 9.38. The maximum atomic E-state index is 14.1. The molecule has 2 heterocycles. The molecule has 2 aliphatic rings. The molecule has 3 aromatic rings. The molecule has 2 amide bonds. The van der Waals surface area contributed by atoms with Crippen molar-refractivity contribution in [3.05, 3.63) is 105 Å². The minimum absolute atomic E-state index is 0.00774. The van der Waals surface area contributed by atoms with E-state index in [9.17, 15) is 9.59 Å².